The molecule has 126 valence electrons. The van der Waals surface area contributed by atoms with E-state index in [1.807, 2.05) is 30.4 Å². The molecular formula is C20H28O3. The summed E-state index contributed by atoms with van der Waals surface area (Å²) in [5.41, 5.74) is 0.854. The number of carboxylic acid groups (broad SMARTS) is 1. The molecule has 1 rings (SSSR count). The van der Waals surface area contributed by atoms with E-state index >= 15 is 0 Å². The van der Waals surface area contributed by atoms with Gasteiger partial charge >= 0.3 is 5.97 Å². The summed E-state index contributed by atoms with van der Waals surface area (Å²) < 4.78 is 0. The maximum absolute atomic E-state index is 11.9. The fourth-order valence-electron chi connectivity index (χ4n) is 2.51. The molecule has 0 amide bonds. The first-order chi connectivity index (χ1) is 11.1. The summed E-state index contributed by atoms with van der Waals surface area (Å²) in [7, 11) is 0. The van der Waals surface area contributed by atoms with Crippen LogP contribution >= 0.6 is 0 Å². The number of rotatable bonds is 11. The lowest BCUT2D eigenvalue weighted by atomic mass is 9.97. The number of carboxylic acids is 1. The fraction of sp³-hybridized carbons (Fsp3) is 0.500. The highest BCUT2D eigenvalue weighted by Crippen LogP contribution is 2.25. The number of carbonyl (C=O) groups is 2. The van der Waals surface area contributed by atoms with Crippen LogP contribution in [0.2, 0.25) is 0 Å². The minimum absolute atomic E-state index is 0.104. The lowest BCUT2D eigenvalue weighted by molar-refractivity contribution is -0.137. The van der Waals surface area contributed by atoms with Gasteiger partial charge in [-0.1, -0.05) is 56.2 Å². The molecular weight excluding hydrogens is 288 g/mol. The van der Waals surface area contributed by atoms with Crippen LogP contribution in [0.3, 0.4) is 0 Å². The smallest absolute Gasteiger partial charge is 0.303 e. The molecule has 0 spiro atoms. The number of allylic oxidation sites excluding steroid dienone is 8. The Labute approximate surface area is 139 Å². The molecule has 0 saturated heterocycles. The maximum Gasteiger partial charge on any atom is 0.303 e. The molecule has 0 aromatic heterocycles. The van der Waals surface area contributed by atoms with Crippen LogP contribution < -0.4 is 0 Å². The normalized spacial score (nSPS) is 19.6. The molecule has 0 saturated carbocycles. The van der Waals surface area contributed by atoms with E-state index in [1.165, 1.54) is 19.3 Å². The Bertz CT molecular complexity index is 495. The second-order valence-corrected chi connectivity index (χ2v) is 5.87. The van der Waals surface area contributed by atoms with E-state index in [0.29, 0.717) is 6.42 Å². The minimum atomic E-state index is -0.751. The number of hydrogen-bond donors (Lipinski definition) is 1. The topological polar surface area (TPSA) is 54.4 Å². The van der Waals surface area contributed by atoms with Crippen molar-refractivity contribution in [1.29, 1.82) is 0 Å². The third-order valence-electron chi connectivity index (χ3n) is 3.87. The van der Waals surface area contributed by atoms with Crippen LogP contribution in [-0.2, 0) is 9.59 Å². The van der Waals surface area contributed by atoms with Crippen LogP contribution in [0.1, 0.15) is 58.3 Å². The zero-order valence-electron chi connectivity index (χ0n) is 14.0. The van der Waals surface area contributed by atoms with Gasteiger partial charge in [0.15, 0.2) is 5.78 Å². The standard InChI is InChI=1S/C20H28O3/c1-2-3-4-5-6-10-13-18-17(15-16-19(18)21)12-9-7-8-11-14-20(22)23/h6-7,9-10,13,15-17H,2-5,8,11-12,14H2,1H3,(H,22,23)/b9-7-,10-6+,18-13+. The largest absolute Gasteiger partial charge is 0.481 e. The molecule has 1 atom stereocenters. The SMILES string of the molecule is CCCCC/C=C/C=C1/C(=O)C=CC1C/C=C\CCCC(=O)O. The van der Waals surface area contributed by atoms with Crippen molar-refractivity contribution in [2.24, 2.45) is 5.92 Å². The van der Waals surface area contributed by atoms with Crippen molar-refractivity contribution in [2.75, 3.05) is 0 Å². The number of unbranched alkanes of at least 4 members (excludes halogenated alkanes) is 4. The van der Waals surface area contributed by atoms with Crippen LogP contribution in [0.15, 0.2) is 48.1 Å². The second kappa shape index (κ2) is 11.6. The maximum atomic E-state index is 11.9. The fourth-order valence-corrected chi connectivity index (χ4v) is 2.51. The Kier molecular flexibility index (Phi) is 9.69. The van der Waals surface area contributed by atoms with Crippen molar-refractivity contribution >= 4 is 11.8 Å². The van der Waals surface area contributed by atoms with Crippen LogP contribution in [0.25, 0.3) is 0 Å². The molecule has 3 heteroatoms. The molecule has 1 aliphatic rings. The van der Waals surface area contributed by atoms with Crippen molar-refractivity contribution in [1.82, 2.24) is 0 Å². The van der Waals surface area contributed by atoms with E-state index in [1.54, 1.807) is 6.08 Å². The lowest BCUT2D eigenvalue weighted by Crippen LogP contribution is -2.01. The number of ketones is 1. The van der Waals surface area contributed by atoms with Crippen molar-refractivity contribution in [2.45, 2.75) is 58.3 Å². The molecule has 1 N–H and O–H groups in total. The van der Waals surface area contributed by atoms with Crippen molar-refractivity contribution in [3.8, 4) is 0 Å². The van der Waals surface area contributed by atoms with Gasteiger partial charge in [-0.15, -0.1) is 0 Å². The number of aliphatic carboxylic acids is 1. The van der Waals surface area contributed by atoms with Crippen molar-refractivity contribution < 1.29 is 14.7 Å². The van der Waals surface area contributed by atoms with E-state index in [0.717, 1.165) is 24.8 Å². The zero-order valence-corrected chi connectivity index (χ0v) is 14.0. The van der Waals surface area contributed by atoms with Crippen molar-refractivity contribution in [3.63, 3.8) is 0 Å². The molecule has 23 heavy (non-hydrogen) atoms. The van der Waals surface area contributed by atoms with Gasteiger partial charge in [-0.3, -0.25) is 9.59 Å². The first kappa shape index (κ1) is 19.1. The monoisotopic (exact) mass is 316 g/mol. The van der Waals surface area contributed by atoms with Gasteiger partial charge in [0, 0.05) is 17.9 Å². The van der Waals surface area contributed by atoms with Gasteiger partial charge in [-0.25, -0.2) is 0 Å². The Hall–Kier alpha value is -1.90. The highest BCUT2D eigenvalue weighted by molar-refractivity contribution is 6.07. The summed E-state index contributed by atoms with van der Waals surface area (Å²) in [5, 5.41) is 8.57. The average Bonchev–Trinajstić information content (AvgIpc) is 2.86. The summed E-state index contributed by atoms with van der Waals surface area (Å²) in [6.45, 7) is 2.19. The molecule has 0 fully saturated rings. The quantitative estimate of drug-likeness (QED) is 0.331. The van der Waals surface area contributed by atoms with Crippen LogP contribution in [0.4, 0.5) is 0 Å². The number of carbonyl (C=O) groups excluding carboxylic acids is 1. The molecule has 1 unspecified atom stereocenters. The molecule has 0 aromatic rings. The summed E-state index contributed by atoms with van der Waals surface area (Å²) in [5.74, 6) is -0.496. The van der Waals surface area contributed by atoms with E-state index in [4.69, 9.17) is 5.11 Å². The highest BCUT2D eigenvalue weighted by atomic mass is 16.4. The Morgan fingerprint density at radius 2 is 1.96 bits per heavy atom. The van der Waals surface area contributed by atoms with E-state index < -0.39 is 5.97 Å². The Morgan fingerprint density at radius 1 is 1.17 bits per heavy atom. The third-order valence-corrected chi connectivity index (χ3v) is 3.87. The molecule has 0 bridgehead atoms. The highest BCUT2D eigenvalue weighted by Gasteiger charge is 2.20. The predicted molar refractivity (Wildman–Crippen MR) is 94.2 cm³/mol. The Balaban J connectivity index is 2.38. The van der Waals surface area contributed by atoms with E-state index in [9.17, 15) is 9.59 Å². The summed E-state index contributed by atoms with van der Waals surface area (Å²) in [4.78, 5) is 22.3. The van der Waals surface area contributed by atoms with Gasteiger partial charge in [-0.2, -0.15) is 0 Å². The van der Waals surface area contributed by atoms with Gasteiger partial charge in [0.1, 0.15) is 0 Å². The van der Waals surface area contributed by atoms with Crippen LogP contribution in [-0.4, -0.2) is 16.9 Å². The van der Waals surface area contributed by atoms with Gasteiger partial charge < -0.3 is 5.11 Å². The number of hydrogen-bond acceptors (Lipinski definition) is 2. The molecule has 1 aliphatic carbocycles. The lowest BCUT2D eigenvalue weighted by Gasteiger charge is -2.06. The summed E-state index contributed by atoms with van der Waals surface area (Å²) in [6, 6.07) is 0. The van der Waals surface area contributed by atoms with Gasteiger partial charge in [-0.05, 0) is 38.2 Å². The molecule has 0 heterocycles. The third kappa shape index (κ3) is 8.34. The Morgan fingerprint density at radius 3 is 2.70 bits per heavy atom. The van der Waals surface area contributed by atoms with E-state index in [-0.39, 0.29) is 18.1 Å². The van der Waals surface area contributed by atoms with Crippen molar-refractivity contribution in [3.05, 3.63) is 48.1 Å². The summed E-state index contributed by atoms with van der Waals surface area (Å²) in [6.07, 6.45) is 20.9. The van der Waals surface area contributed by atoms with Crippen LogP contribution in [0.5, 0.6) is 0 Å². The van der Waals surface area contributed by atoms with Gasteiger partial charge in [0.25, 0.3) is 0 Å². The summed E-state index contributed by atoms with van der Waals surface area (Å²) >= 11 is 0. The van der Waals surface area contributed by atoms with E-state index in [2.05, 4.69) is 13.0 Å². The van der Waals surface area contributed by atoms with Crippen LogP contribution in [0, 0.1) is 5.92 Å². The molecule has 0 aromatic carbocycles. The predicted octanol–water partition coefficient (Wildman–Crippen LogP) is 5.01. The zero-order chi connectivity index (χ0) is 16.9. The average molecular weight is 316 g/mol. The van der Waals surface area contributed by atoms with Gasteiger partial charge in [0.05, 0.1) is 0 Å². The minimum Gasteiger partial charge on any atom is -0.481 e. The first-order valence-electron chi connectivity index (χ1n) is 8.61. The van der Waals surface area contributed by atoms with Gasteiger partial charge in [0.2, 0.25) is 0 Å². The molecule has 0 aliphatic heterocycles. The molecule has 0 radical (unpaired) electrons. The molecule has 3 nitrogen and oxygen atoms in total. The first-order valence-corrected chi connectivity index (χ1v) is 8.61. The second-order valence-electron chi connectivity index (χ2n) is 5.87.